The third-order valence-electron chi connectivity index (χ3n) is 1.89. The van der Waals surface area contributed by atoms with Crippen LogP contribution in [-0.2, 0) is 9.47 Å². The lowest BCUT2D eigenvalue weighted by molar-refractivity contribution is -0.133. The molecule has 0 aromatic carbocycles. The van der Waals surface area contributed by atoms with Crippen molar-refractivity contribution in [1.29, 1.82) is 0 Å². The second-order valence-electron chi connectivity index (χ2n) is 3.65. The predicted molar refractivity (Wildman–Crippen MR) is 46.9 cm³/mol. The van der Waals surface area contributed by atoms with Gasteiger partial charge in [0.1, 0.15) is 6.10 Å². The zero-order valence-corrected chi connectivity index (χ0v) is 8.15. The van der Waals surface area contributed by atoms with Crippen molar-refractivity contribution in [3.8, 4) is 0 Å². The first-order chi connectivity index (χ1) is 5.91. The molecule has 1 aliphatic rings. The van der Waals surface area contributed by atoms with E-state index < -0.39 is 12.1 Å². The number of hydrogen-bond donors (Lipinski definition) is 2. The van der Waals surface area contributed by atoms with Crippen LogP contribution < -0.4 is 0 Å². The second-order valence-corrected chi connectivity index (χ2v) is 3.65. The average molecular weight is 188 g/mol. The lowest BCUT2D eigenvalue weighted by Gasteiger charge is -2.16. The number of hydrogen-bond acceptors (Lipinski definition) is 4. The molecule has 0 saturated carbocycles. The molecule has 4 heteroatoms. The van der Waals surface area contributed by atoms with E-state index in [-0.39, 0.29) is 6.10 Å². The maximum absolute atomic E-state index is 8.80. The highest BCUT2D eigenvalue weighted by molar-refractivity contribution is 5.05. The van der Waals surface area contributed by atoms with E-state index in [1.807, 2.05) is 13.8 Å². The van der Waals surface area contributed by atoms with Crippen molar-refractivity contribution in [3.05, 3.63) is 11.6 Å². The van der Waals surface area contributed by atoms with Gasteiger partial charge in [-0.1, -0.05) is 0 Å². The Morgan fingerprint density at radius 1 is 1.54 bits per heavy atom. The van der Waals surface area contributed by atoms with Crippen LogP contribution >= 0.6 is 0 Å². The van der Waals surface area contributed by atoms with Gasteiger partial charge >= 0.3 is 0 Å². The molecule has 4 nitrogen and oxygen atoms in total. The van der Waals surface area contributed by atoms with E-state index in [1.54, 1.807) is 13.0 Å². The van der Waals surface area contributed by atoms with Crippen molar-refractivity contribution >= 4 is 0 Å². The van der Waals surface area contributed by atoms with E-state index in [4.69, 9.17) is 19.7 Å². The lowest BCUT2D eigenvalue weighted by atomic mass is 10.2. The van der Waals surface area contributed by atoms with Gasteiger partial charge in [0.05, 0.1) is 6.61 Å². The highest BCUT2D eigenvalue weighted by Crippen LogP contribution is 2.23. The van der Waals surface area contributed by atoms with Gasteiger partial charge in [0.2, 0.25) is 0 Å². The van der Waals surface area contributed by atoms with E-state index in [1.165, 1.54) is 0 Å². The van der Waals surface area contributed by atoms with Crippen molar-refractivity contribution in [3.63, 3.8) is 0 Å². The fourth-order valence-corrected chi connectivity index (χ4v) is 1.18. The first kappa shape index (κ1) is 10.7. The molecule has 0 aromatic heterocycles. The topological polar surface area (TPSA) is 58.9 Å². The molecular formula is C9H16O4. The second kappa shape index (κ2) is 3.75. The maximum Gasteiger partial charge on any atom is 0.174 e. The van der Waals surface area contributed by atoms with Crippen molar-refractivity contribution in [1.82, 2.24) is 0 Å². The number of aliphatic hydroxyl groups is 2. The van der Waals surface area contributed by atoms with E-state index in [2.05, 4.69) is 0 Å². The molecule has 1 rings (SSSR count). The van der Waals surface area contributed by atoms with Gasteiger partial charge in [-0.25, -0.2) is 0 Å². The van der Waals surface area contributed by atoms with E-state index >= 15 is 0 Å². The van der Waals surface area contributed by atoms with Crippen LogP contribution in [0, 0.1) is 0 Å². The summed E-state index contributed by atoms with van der Waals surface area (Å²) in [4.78, 5) is 0. The third kappa shape index (κ3) is 3.08. The monoisotopic (exact) mass is 188 g/mol. The molecule has 1 heterocycles. The molecule has 0 unspecified atom stereocenters. The fraction of sp³-hybridized carbons (Fsp3) is 0.778. The smallest absolute Gasteiger partial charge is 0.174 e. The Morgan fingerprint density at radius 3 is 2.54 bits per heavy atom. The van der Waals surface area contributed by atoms with Crippen molar-refractivity contribution < 1.29 is 19.7 Å². The molecule has 13 heavy (non-hydrogen) atoms. The molecule has 0 radical (unpaired) electrons. The minimum absolute atomic E-state index is 0.184. The molecule has 2 N–H and O–H groups in total. The first-order valence-corrected chi connectivity index (χ1v) is 4.27. The minimum Gasteiger partial charge on any atom is -0.365 e. The van der Waals surface area contributed by atoms with Crippen molar-refractivity contribution in [2.45, 2.75) is 39.0 Å². The highest BCUT2D eigenvalue weighted by atomic mass is 16.7. The van der Waals surface area contributed by atoms with Crippen LogP contribution in [0.4, 0.5) is 0 Å². The molecule has 0 aromatic rings. The summed E-state index contributed by atoms with van der Waals surface area (Å²) in [6, 6.07) is 0. The van der Waals surface area contributed by atoms with Gasteiger partial charge in [-0.3, -0.25) is 0 Å². The molecule has 0 spiro atoms. The average Bonchev–Trinajstić information content (AvgIpc) is 2.30. The molecule has 76 valence electrons. The van der Waals surface area contributed by atoms with Gasteiger partial charge in [0.25, 0.3) is 0 Å². The van der Waals surface area contributed by atoms with Gasteiger partial charge in [-0.2, -0.15) is 0 Å². The normalized spacial score (nSPS) is 28.5. The van der Waals surface area contributed by atoms with Gasteiger partial charge in [0.15, 0.2) is 12.1 Å². The molecule has 1 fully saturated rings. The van der Waals surface area contributed by atoms with E-state index in [0.29, 0.717) is 12.2 Å². The summed E-state index contributed by atoms with van der Waals surface area (Å²) >= 11 is 0. The van der Waals surface area contributed by atoms with Crippen molar-refractivity contribution in [2.24, 2.45) is 0 Å². The Labute approximate surface area is 77.8 Å². The summed E-state index contributed by atoms with van der Waals surface area (Å²) in [7, 11) is 0. The molecule has 1 aliphatic heterocycles. The molecule has 0 bridgehead atoms. The zero-order chi connectivity index (χ0) is 10.1. The molecule has 1 saturated heterocycles. The Kier molecular flexibility index (Phi) is 3.08. The fourth-order valence-electron chi connectivity index (χ4n) is 1.18. The summed E-state index contributed by atoms with van der Waals surface area (Å²) in [6.07, 6.45) is 0.0727. The van der Waals surface area contributed by atoms with Crippen LogP contribution in [0.2, 0.25) is 0 Å². The van der Waals surface area contributed by atoms with Crippen LogP contribution in [0.25, 0.3) is 0 Å². The summed E-state index contributed by atoms with van der Waals surface area (Å²) in [5.41, 5.74) is 0.478. The van der Waals surface area contributed by atoms with Crippen LogP contribution in [0.15, 0.2) is 11.6 Å². The van der Waals surface area contributed by atoms with Crippen LogP contribution in [0.3, 0.4) is 0 Å². The molecular weight excluding hydrogens is 172 g/mol. The number of aliphatic hydroxyl groups excluding tert-OH is 1. The van der Waals surface area contributed by atoms with Gasteiger partial charge in [0, 0.05) is 0 Å². The van der Waals surface area contributed by atoms with Crippen LogP contribution in [-0.4, -0.2) is 35.0 Å². The highest BCUT2D eigenvalue weighted by Gasteiger charge is 2.31. The van der Waals surface area contributed by atoms with Gasteiger partial charge in [-0.05, 0) is 32.4 Å². The Hall–Kier alpha value is -0.420. The number of rotatable bonds is 2. The summed E-state index contributed by atoms with van der Waals surface area (Å²) in [5, 5.41) is 17.6. The molecule has 1 atom stereocenters. The molecule has 0 aliphatic carbocycles. The van der Waals surface area contributed by atoms with Crippen molar-refractivity contribution in [2.75, 3.05) is 6.61 Å². The zero-order valence-electron chi connectivity index (χ0n) is 8.15. The quantitative estimate of drug-likeness (QED) is 0.486. The summed E-state index contributed by atoms with van der Waals surface area (Å²) in [5.74, 6) is -0.568. The van der Waals surface area contributed by atoms with E-state index in [9.17, 15) is 0 Å². The minimum atomic E-state index is -1.41. The van der Waals surface area contributed by atoms with E-state index in [0.717, 1.165) is 0 Å². The number of ether oxygens (including phenoxy) is 2. The largest absolute Gasteiger partial charge is 0.365 e. The standard InChI is InChI=1S/C9H16O4/c1-6(8(10)11)4-7-5-12-9(2,3)13-7/h4,7-8,10-11H,5H2,1-3H3/b6-4+/t7-/m0/s1. The van der Waals surface area contributed by atoms with Gasteiger partial charge < -0.3 is 19.7 Å². The van der Waals surface area contributed by atoms with Crippen LogP contribution in [0.5, 0.6) is 0 Å². The molecule has 0 amide bonds. The third-order valence-corrected chi connectivity index (χ3v) is 1.89. The van der Waals surface area contributed by atoms with Crippen LogP contribution in [0.1, 0.15) is 20.8 Å². The Balaban J connectivity index is 2.53. The predicted octanol–water partition coefficient (Wildman–Crippen LogP) is 0.395. The Morgan fingerprint density at radius 2 is 2.15 bits per heavy atom. The van der Waals surface area contributed by atoms with Gasteiger partial charge in [-0.15, -0.1) is 0 Å². The Bertz CT molecular complexity index is 208. The SMILES string of the molecule is C/C(=C\[C@H]1COC(C)(C)O1)C(O)O. The maximum atomic E-state index is 8.80. The first-order valence-electron chi connectivity index (χ1n) is 4.27. The summed E-state index contributed by atoms with van der Waals surface area (Å²) < 4.78 is 10.8. The lowest BCUT2D eigenvalue weighted by Crippen LogP contribution is -2.21. The summed E-state index contributed by atoms with van der Waals surface area (Å²) in [6.45, 7) is 5.74.